The first-order chi connectivity index (χ1) is 13.5. The van der Waals surface area contributed by atoms with Crippen LogP contribution in [-0.4, -0.2) is 49.6 Å². The van der Waals surface area contributed by atoms with Crippen molar-refractivity contribution in [1.82, 2.24) is 4.90 Å². The molecule has 1 N–H and O–H groups in total. The summed E-state index contributed by atoms with van der Waals surface area (Å²) in [7, 11) is 1.63. The van der Waals surface area contributed by atoms with Crippen molar-refractivity contribution in [3.63, 3.8) is 0 Å². The molecule has 1 aliphatic heterocycles. The molecule has 0 saturated carbocycles. The third-order valence-corrected chi connectivity index (χ3v) is 4.72. The Hall–Kier alpha value is -2.86. The summed E-state index contributed by atoms with van der Waals surface area (Å²) in [6.45, 7) is 3.67. The predicted molar refractivity (Wildman–Crippen MR) is 108 cm³/mol. The maximum Gasteiger partial charge on any atom is 0.254 e. The lowest BCUT2D eigenvalue weighted by Gasteiger charge is -2.31. The highest BCUT2D eigenvalue weighted by molar-refractivity contribution is 5.97. The van der Waals surface area contributed by atoms with Crippen LogP contribution in [0.1, 0.15) is 29.3 Å². The van der Waals surface area contributed by atoms with Crippen molar-refractivity contribution >= 4 is 17.5 Å². The minimum atomic E-state index is -0.0830. The molecular weight excluding hydrogens is 356 g/mol. The van der Waals surface area contributed by atoms with Gasteiger partial charge in [0.1, 0.15) is 5.75 Å². The molecule has 2 aromatic carbocycles. The highest BCUT2D eigenvalue weighted by atomic mass is 16.5. The molecule has 0 bridgehead atoms. The number of rotatable bonds is 6. The zero-order valence-electron chi connectivity index (χ0n) is 16.3. The topological polar surface area (TPSA) is 67.9 Å². The van der Waals surface area contributed by atoms with Gasteiger partial charge >= 0.3 is 0 Å². The minimum absolute atomic E-state index is 0.0375. The molecule has 0 spiro atoms. The maximum absolute atomic E-state index is 12.7. The normalized spacial score (nSPS) is 16.5. The third kappa shape index (κ3) is 5.33. The van der Waals surface area contributed by atoms with E-state index in [9.17, 15) is 9.59 Å². The number of benzene rings is 2. The number of nitrogens with zero attached hydrogens (tertiary/aromatic N) is 1. The number of morpholine rings is 1. The lowest BCUT2D eigenvalue weighted by atomic mass is 10.1. The van der Waals surface area contributed by atoms with Crippen LogP contribution in [0.4, 0.5) is 5.69 Å². The van der Waals surface area contributed by atoms with E-state index in [1.807, 2.05) is 31.2 Å². The van der Waals surface area contributed by atoms with Gasteiger partial charge in [-0.3, -0.25) is 9.59 Å². The zero-order valence-corrected chi connectivity index (χ0v) is 16.3. The molecule has 28 heavy (non-hydrogen) atoms. The smallest absolute Gasteiger partial charge is 0.254 e. The van der Waals surface area contributed by atoms with Gasteiger partial charge in [0.25, 0.3) is 5.91 Å². The number of hydrogen-bond acceptors (Lipinski definition) is 4. The van der Waals surface area contributed by atoms with Crippen LogP contribution < -0.4 is 10.1 Å². The molecular formula is C22H26N2O4. The van der Waals surface area contributed by atoms with Gasteiger partial charge in [-0.05, 0) is 49.2 Å². The Kier molecular flexibility index (Phi) is 6.66. The van der Waals surface area contributed by atoms with Gasteiger partial charge in [0, 0.05) is 30.8 Å². The molecule has 6 nitrogen and oxygen atoms in total. The SMILES string of the molecule is COc1ccc(CCC(=O)Nc2cccc(C(=O)N3CCOC(C)C3)c2)cc1. The highest BCUT2D eigenvalue weighted by Gasteiger charge is 2.22. The second kappa shape index (κ2) is 9.37. The number of methoxy groups -OCH3 is 1. The van der Waals surface area contributed by atoms with Gasteiger partial charge < -0.3 is 19.7 Å². The van der Waals surface area contributed by atoms with Crippen molar-refractivity contribution in [1.29, 1.82) is 0 Å². The minimum Gasteiger partial charge on any atom is -0.497 e. The Labute approximate surface area is 165 Å². The Morgan fingerprint density at radius 2 is 2.00 bits per heavy atom. The average molecular weight is 382 g/mol. The van der Waals surface area contributed by atoms with Crippen molar-refractivity contribution in [2.75, 3.05) is 32.1 Å². The van der Waals surface area contributed by atoms with Crippen LogP contribution in [0.2, 0.25) is 0 Å². The monoisotopic (exact) mass is 382 g/mol. The van der Waals surface area contributed by atoms with Crippen LogP contribution in [-0.2, 0) is 16.0 Å². The first kappa shape index (κ1) is 19.9. The quantitative estimate of drug-likeness (QED) is 0.834. The van der Waals surface area contributed by atoms with Crippen LogP contribution >= 0.6 is 0 Å². The fourth-order valence-electron chi connectivity index (χ4n) is 3.19. The summed E-state index contributed by atoms with van der Waals surface area (Å²) in [4.78, 5) is 26.8. The lowest BCUT2D eigenvalue weighted by molar-refractivity contribution is -0.116. The van der Waals surface area contributed by atoms with Gasteiger partial charge in [0.15, 0.2) is 0 Å². The van der Waals surface area contributed by atoms with E-state index in [-0.39, 0.29) is 17.9 Å². The number of hydrogen-bond donors (Lipinski definition) is 1. The van der Waals surface area contributed by atoms with Crippen molar-refractivity contribution in [2.45, 2.75) is 25.9 Å². The van der Waals surface area contributed by atoms with Crippen LogP contribution in [0.3, 0.4) is 0 Å². The standard InChI is InChI=1S/C22H26N2O4/c1-16-15-24(12-13-28-16)22(26)18-4-3-5-19(14-18)23-21(25)11-8-17-6-9-20(27-2)10-7-17/h3-7,9-10,14,16H,8,11-13,15H2,1-2H3,(H,23,25). The summed E-state index contributed by atoms with van der Waals surface area (Å²) in [5.41, 5.74) is 2.27. The molecule has 2 aromatic rings. The van der Waals surface area contributed by atoms with E-state index >= 15 is 0 Å². The molecule has 3 rings (SSSR count). The molecule has 1 fully saturated rings. The molecule has 0 radical (unpaired) electrons. The van der Waals surface area contributed by atoms with E-state index in [1.165, 1.54) is 0 Å². The van der Waals surface area contributed by atoms with E-state index in [1.54, 1.807) is 36.3 Å². The largest absolute Gasteiger partial charge is 0.497 e. The third-order valence-electron chi connectivity index (χ3n) is 4.72. The number of aryl methyl sites for hydroxylation is 1. The summed E-state index contributed by atoms with van der Waals surface area (Å²) in [5.74, 6) is 0.675. The van der Waals surface area contributed by atoms with Crippen LogP contribution in [0.25, 0.3) is 0 Å². The van der Waals surface area contributed by atoms with Gasteiger partial charge in [0.05, 0.1) is 19.8 Å². The fraction of sp³-hybridized carbons (Fsp3) is 0.364. The highest BCUT2D eigenvalue weighted by Crippen LogP contribution is 2.16. The molecule has 148 valence electrons. The molecule has 1 atom stereocenters. The van der Waals surface area contributed by atoms with Gasteiger partial charge in [-0.2, -0.15) is 0 Å². The molecule has 0 aliphatic carbocycles. The number of carbonyl (C=O) groups is 2. The summed E-state index contributed by atoms with van der Waals surface area (Å²) >= 11 is 0. The van der Waals surface area contributed by atoms with E-state index in [4.69, 9.17) is 9.47 Å². The number of carbonyl (C=O) groups excluding carboxylic acids is 2. The van der Waals surface area contributed by atoms with Gasteiger partial charge in [-0.15, -0.1) is 0 Å². The Balaban J connectivity index is 1.55. The number of amides is 2. The first-order valence-electron chi connectivity index (χ1n) is 9.49. The first-order valence-corrected chi connectivity index (χ1v) is 9.49. The van der Waals surface area contributed by atoms with E-state index < -0.39 is 0 Å². The molecule has 6 heteroatoms. The molecule has 0 aromatic heterocycles. The van der Waals surface area contributed by atoms with Crippen molar-refractivity contribution < 1.29 is 19.1 Å². The number of anilines is 1. The van der Waals surface area contributed by atoms with Crippen molar-refractivity contribution in [2.24, 2.45) is 0 Å². The van der Waals surface area contributed by atoms with E-state index in [0.717, 1.165) is 11.3 Å². The Bertz CT molecular complexity index is 820. The number of ether oxygens (including phenoxy) is 2. The molecule has 1 saturated heterocycles. The summed E-state index contributed by atoms with van der Waals surface area (Å²) < 4.78 is 10.6. The Morgan fingerprint density at radius 1 is 1.21 bits per heavy atom. The molecule has 1 heterocycles. The van der Waals surface area contributed by atoms with Gasteiger partial charge in [0.2, 0.25) is 5.91 Å². The second-order valence-electron chi connectivity index (χ2n) is 6.91. The van der Waals surface area contributed by atoms with E-state index in [0.29, 0.717) is 43.8 Å². The van der Waals surface area contributed by atoms with Gasteiger partial charge in [-0.1, -0.05) is 18.2 Å². The maximum atomic E-state index is 12.7. The lowest BCUT2D eigenvalue weighted by Crippen LogP contribution is -2.44. The zero-order chi connectivity index (χ0) is 19.9. The number of nitrogens with one attached hydrogen (secondary N) is 1. The molecule has 1 unspecified atom stereocenters. The molecule has 1 aliphatic rings. The van der Waals surface area contributed by atoms with Crippen molar-refractivity contribution in [3.8, 4) is 5.75 Å². The van der Waals surface area contributed by atoms with Gasteiger partial charge in [-0.25, -0.2) is 0 Å². The molecule has 2 amide bonds. The predicted octanol–water partition coefficient (Wildman–Crippen LogP) is 3.13. The summed E-state index contributed by atoms with van der Waals surface area (Å²) in [6, 6.07) is 14.8. The Morgan fingerprint density at radius 3 is 2.71 bits per heavy atom. The van der Waals surface area contributed by atoms with Crippen LogP contribution in [0, 0.1) is 0 Å². The summed E-state index contributed by atoms with van der Waals surface area (Å²) in [5, 5.41) is 2.88. The van der Waals surface area contributed by atoms with Crippen LogP contribution in [0.15, 0.2) is 48.5 Å². The summed E-state index contributed by atoms with van der Waals surface area (Å²) in [6.07, 6.45) is 1.05. The van der Waals surface area contributed by atoms with E-state index in [2.05, 4.69) is 5.32 Å². The van der Waals surface area contributed by atoms with Crippen LogP contribution in [0.5, 0.6) is 5.75 Å². The fourth-order valence-corrected chi connectivity index (χ4v) is 3.19. The average Bonchev–Trinajstić information content (AvgIpc) is 2.72. The van der Waals surface area contributed by atoms with Crippen molar-refractivity contribution in [3.05, 3.63) is 59.7 Å². The second-order valence-corrected chi connectivity index (χ2v) is 6.91.